The van der Waals surface area contributed by atoms with Crippen molar-refractivity contribution in [2.75, 3.05) is 20.2 Å². The zero-order chi connectivity index (χ0) is 22.8. The van der Waals surface area contributed by atoms with E-state index in [1.807, 2.05) is 28.9 Å². The Morgan fingerprint density at radius 1 is 1.09 bits per heavy atom. The molecule has 170 valence electrons. The lowest BCUT2D eigenvalue weighted by molar-refractivity contribution is -0.937. The van der Waals surface area contributed by atoms with Gasteiger partial charge < -0.3 is 14.4 Å². The summed E-state index contributed by atoms with van der Waals surface area (Å²) in [5.41, 5.74) is 3.34. The Bertz CT molecular complexity index is 1110. The fourth-order valence-corrected chi connectivity index (χ4v) is 4.85. The maximum atomic E-state index is 6.01. The van der Waals surface area contributed by atoms with Gasteiger partial charge in [-0.05, 0) is 67.9 Å². The van der Waals surface area contributed by atoms with Crippen LogP contribution < -0.4 is 9.64 Å². The molecule has 1 N–H and O–H groups in total. The first-order valence-corrected chi connectivity index (χ1v) is 11.7. The highest BCUT2D eigenvalue weighted by Crippen LogP contribution is 2.29. The van der Waals surface area contributed by atoms with Crippen LogP contribution in [0.3, 0.4) is 0 Å². The number of rotatable bonds is 6. The van der Waals surface area contributed by atoms with Crippen molar-refractivity contribution < 1.29 is 14.4 Å². The number of hydrogen-bond acceptors (Lipinski definition) is 4. The SMILES string of the molecule is COc1ccc(-c2nn(C[NH+]3C[C@H](C)O[C@@H](C)C3)c(=S)n2-c2ccccc2C(C)C)cc1. The average Bonchev–Trinajstić information content (AvgIpc) is 3.08. The second kappa shape index (κ2) is 9.57. The molecule has 0 saturated carbocycles. The van der Waals surface area contributed by atoms with E-state index in [0.29, 0.717) is 10.7 Å². The number of benzene rings is 2. The van der Waals surface area contributed by atoms with Crippen LogP contribution in [0, 0.1) is 4.77 Å². The van der Waals surface area contributed by atoms with E-state index in [0.717, 1.165) is 42.6 Å². The van der Waals surface area contributed by atoms with Gasteiger partial charge in [0.25, 0.3) is 0 Å². The molecule has 0 unspecified atom stereocenters. The number of quaternary nitrogens is 1. The van der Waals surface area contributed by atoms with Crippen LogP contribution in [0.5, 0.6) is 5.75 Å². The van der Waals surface area contributed by atoms with Gasteiger partial charge in [0.2, 0.25) is 4.77 Å². The number of ether oxygens (including phenoxy) is 2. The Morgan fingerprint density at radius 3 is 2.38 bits per heavy atom. The third-order valence-corrected chi connectivity index (χ3v) is 6.37. The van der Waals surface area contributed by atoms with E-state index in [2.05, 4.69) is 56.5 Å². The van der Waals surface area contributed by atoms with E-state index in [9.17, 15) is 0 Å². The summed E-state index contributed by atoms with van der Waals surface area (Å²) in [5, 5.41) is 5.03. The van der Waals surface area contributed by atoms with Crippen LogP contribution in [0.2, 0.25) is 0 Å². The molecular formula is C25H33N4O2S+. The minimum Gasteiger partial charge on any atom is -0.497 e. The quantitative estimate of drug-likeness (QED) is 0.576. The van der Waals surface area contributed by atoms with Crippen LogP contribution in [0.15, 0.2) is 48.5 Å². The molecular weight excluding hydrogens is 420 g/mol. The van der Waals surface area contributed by atoms with Gasteiger partial charge in [-0.3, -0.25) is 4.57 Å². The van der Waals surface area contributed by atoms with E-state index < -0.39 is 0 Å². The molecule has 6 nitrogen and oxygen atoms in total. The maximum Gasteiger partial charge on any atom is 0.207 e. The van der Waals surface area contributed by atoms with E-state index in [1.165, 1.54) is 10.5 Å². The number of morpholine rings is 1. The molecule has 1 saturated heterocycles. The molecule has 7 heteroatoms. The fraction of sp³-hybridized carbons (Fsp3) is 0.440. The summed E-state index contributed by atoms with van der Waals surface area (Å²) in [5.74, 6) is 2.04. The number of nitrogens with one attached hydrogen (secondary N) is 1. The molecule has 0 aliphatic carbocycles. The van der Waals surface area contributed by atoms with Crippen molar-refractivity contribution in [1.82, 2.24) is 14.3 Å². The highest BCUT2D eigenvalue weighted by molar-refractivity contribution is 7.71. The van der Waals surface area contributed by atoms with Crippen LogP contribution in [0.1, 0.15) is 39.2 Å². The van der Waals surface area contributed by atoms with Crippen molar-refractivity contribution in [2.45, 2.75) is 52.5 Å². The molecule has 2 heterocycles. The highest BCUT2D eigenvalue weighted by atomic mass is 32.1. The Kier molecular flexibility index (Phi) is 6.79. The van der Waals surface area contributed by atoms with Gasteiger partial charge in [-0.25, -0.2) is 0 Å². The van der Waals surface area contributed by atoms with Crippen molar-refractivity contribution in [3.05, 3.63) is 58.9 Å². The standard InChI is InChI=1S/C25H32N4O2S/c1-17(2)22-8-6-7-9-23(22)29-24(20-10-12-21(30-5)13-11-20)26-28(25(29)32)16-27-14-18(3)31-19(4)15-27/h6-13,17-19H,14-16H2,1-5H3/p+1/t18-,19-/m0/s1. The molecule has 1 fully saturated rings. The molecule has 2 atom stereocenters. The highest BCUT2D eigenvalue weighted by Gasteiger charge is 2.27. The first kappa shape index (κ1) is 22.7. The molecule has 4 rings (SSSR count). The minimum absolute atomic E-state index is 0.229. The second-order valence-corrected chi connectivity index (χ2v) is 9.32. The van der Waals surface area contributed by atoms with E-state index >= 15 is 0 Å². The lowest BCUT2D eigenvalue weighted by atomic mass is 10.0. The third-order valence-electron chi connectivity index (χ3n) is 5.98. The number of para-hydroxylation sites is 1. The molecule has 0 radical (unpaired) electrons. The van der Waals surface area contributed by atoms with Crippen LogP contribution >= 0.6 is 12.2 Å². The monoisotopic (exact) mass is 453 g/mol. The second-order valence-electron chi connectivity index (χ2n) is 8.96. The average molecular weight is 454 g/mol. The summed E-state index contributed by atoms with van der Waals surface area (Å²) in [6.07, 6.45) is 0.459. The molecule has 0 bridgehead atoms. The number of methoxy groups -OCH3 is 1. The van der Waals surface area contributed by atoms with Gasteiger partial charge in [0.1, 0.15) is 31.0 Å². The van der Waals surface area contributed by atoms with E-state index in [4.69, 9.17) is 26.8 Å². The topological polar surface area (TPSA) is 45.6 Å². The number of aromatic nitrogens is 3. The van der Waals surface area contributed by atoms with Crippen molar-refractivity contribution >= 4 is 12.2 Å². The van der Waals surface area contributed by atoms with Crippen molar-refractivity contribution in [1.29, 1.82) is 0 Å². The summed E-state index contributed by atoms with van der Waals surface area (Å²) in [6, 6.07) is 16.5. The van der Waals surface area contributed by atoms with Crippen LogP contribution in [0.25, 0.3) is 17.1 Å². The van der Waals surface area contributed by atoms with Crippen molar-refractivity contribution in [3.8, 4) is 22.8 Å². The minimum atomic E-state index is 0.229. The van der Waals surface area contributed by atoms with Gasteiger partial charge in [-0.2, -0.15) is 4.68 Å². The van der Waals surface area contributed by atoms with Gasteiger partial charge in [0.05, 0.1) is 12.8 Å². The first-order valence-electron chi connectivity index (χ1n) is 11.3. The molecule has 3 aromatic rings. The lowest BCUT2D eigenvalue weighted by Crippen LogP contribution is -3.14. The predicted octanol–water partition coefficient (Wildman–Crippen LogP) is 3.85. The summed E-state index contributed by atoms with van der Waals surface area (Å²) in [6.45, 7) is 11.3. The largest absolute Gasteiger partial charge is 0.497 e. The van der Waals surface area contributed by atoms with Crippen LogP contribution in [0.4, 0.5) is 0 Å². The van der Waals surface area contributed by atoms with Gasteiger partial charge >= 0.3 is 0 Å². The van der Waals surface area contributed by atoms with Gasteiger partial charge in [-0.15, -0.1) is 5.10 Å². The zero-order valence-corrected chi connectivity index (χ0v) is 20.4. The van der Waals surface area contributed by atoms with Crippen LogP contribution in [-0.2, 0) is 11.4 Å². The normalized spacial score (nSPS) is 21.1. The zero-order valence-electron chi connectivity index (χ0n) is 19.5. The Morgan fingerprint density at radius 2 is 1.75 bits per heavy atom. The summed E-state index contributed by atoms with van der Waals surface area (Å²) in [7, 11) is 1.68. The number of nitrogens with zero attached hydrogens (tertiary/aromatic N) is 3. The lowest BCUT2D eigenvalue weighted by Gasteiger charge is -2.32. The summed E-state index contributed by atoms with van der Waals surface area (Å²) < 4.78 is 16.1. The van der Waals surface area contributed by atoms with Gasteiger partial charge in [-0.1, -0.05) is 32.0 Å². The van der Waals surface area contributed by atoms with Crippen molar-refractivity contribution in [3.63, 3.8) is 0 Å². The Balaban J connectivity index is 1.82. The molecule has 2 aromatic carbocycles. The summed E-state index contributed by atoms with van der Waals surface area (Å²) in [4.78, 5) is 1.43. The van der Waals surface area contributed by atoms with E-state index in [1.54, 1.807) is 7.11 Å². The van der Waals surface area contributed by atoms with Gasteiger partial charge in [0.15, 0.2) is 12.5 Å². The Labute approximate surface area is 195 Å². The molecule has 1 aliphatic rings. The van der Waals surface area contributed by atoms with E-state index in [-0.39, 0.29) is 12.2 Å². The smallest absolute Gasteiger partial charge is 0.207 e. The molecule has 1 aliphatic heterocycles. The molecule has 32 heavy (non-hydrogen) atoms. The first-order chi connectivity index (χ1) is 15.4. The fourth-order valence-electron chi connectivity index (χ4n) is 4.56. The molecule has 0 spiro atoms. The van der Waals surface area contributed by atoms with Crippen molar-refractivity contribution in [2.24, 2.45) is 0 Å². The molecule has 1 aromatic heterocycles. The third kappa shape index (κ3) is 4.65. The Hall–Kier alpha value is -2.48. The molecule has 0 amide bonds. The summed E-state index contributed by atoms with van der Waals surface area (Å²) >= 11 is 6.01. The van der Waals surface area contributed by atoms with Crippen LogP contribution in [-0.4, -0.2) is 46.8 Å². The number of hydrogen-bond donors (Lipinski definition) is 1. The van der Waals surface area contributed by atoms with Gasteiger partial charge in [0, 0.05) is 5.56 Å². The predicted molar refractivity (Wildman–Crippen MR) is 129 cm³/mol. The maximum absolute atomic E-state index is 6.01.